The first-order valence-electron chi connectivity index (χ1n) is 4.92. The molecule has 0 amide bonds. The van der Waals surface area contributed by atoms with Crippen LogP contribution in [-0.4, -0.2) is 33.4 Å². The van der Waals surface area contributed by atoms with Crippen LogP contribution in [0.5, 0.6) is 0 Å². The van der Waals surface area contributed by atoms with Gasteiger partial charge >= 0.3 is 5.97 Å². The third kappa shape index (κ3) is 2.12. The van der Waals surface area contributed by atoms with Crippen LogP contribution in [0.15, 0.2) is 28.4 Å². The van der Waals surface area contributed by atoms with Gasteiger partial charge in [0.15, 0.2) is 5.69 Å². The summed E-state index contributed by atoms with van der Waals surface area (Å²) >= 11 is 0. The molecule has 1 heterocycles. The molecule has 0 saturated heterocycles. The van der Waals surface area contributed by atoms with Crippen molar-refractivity contribution in [3.63, 3.8) is 0 Å². The molecule has 0 saturated carbocycles. The monoisotopic (exact) mass is 246 g/mol. The van der Waals surface area contributed by atoms with Gasteiger partial charge in [-0.05, 0) is 6.07 Å². The molecule has 6 N–H and O–H groups in total. The SMILES string of the molecule is NC(N)=NN=Cc1cccc2[nH]nc(C(=O)O)c12. The molecule has 0 fully saturated rings. The minimum Gasteiger partial charge on any atom is -0.476 e. The Morgan fingerprint density at radius 3 is 2.89 bits per heavy atom. The molecular formula is C10H10N6O2. The third-order valence-electron chi connectivity index (χ3n) is 2.19. The summed E-state index contributed by atoms with van der Waals surface area (Å²) in [4.78, 5) is 11.0. The second-order valence-corrected chi connectivity index (χ2v) is 3.42. The molecule has 8 nitrogen and oxygen atoms in total. The van der Waals surface area contributed by atoms with Crippen LogP contribution in [-0.2, 0) is 0 Å². The zero-order chi connectivity index (χ0) is 13.1. The number of hydrogen-bond donors (Lipinski definition) is 4. The summed E-state index contributed by atoms with van der Waals surface area (Å²) < 4.78 is 0. The second kappa shape index (κ2) is 4.53. The molecule has 0 bridgehead atoms. The molecule has 0 aliphatic carbocycles. The van der Waals surface area contributed by atoms with Gasteiger partial charge in [0.1, 0.15) is 0 Å². The maximum absolute atomic E-state index is 11.0. The number of H-pyrrole nitrogens is 1. The van der Waals surface area contributed by atoms with Crippen molar-refractivity contribution < 1.29 is 9.90 Å². The molecule has 2 rings (SSSR count). The lowest BCUT2D eigenvalue weighted by atomic mass is 10.1. The lowest BCUT2D eigenvalue weighted by molar-refractivity contribution is 0.0692. The molecule has 1 aromatic heterocycles. The van der Waals surface area contributed by atoms with E-state index in [4.69, 9.17) is 16.6 Å². The van der Waals surface area contributed by atoms with Crippen molar-refractivity contribution in [3.05, 3.63) is 29.5 Å². The summed E-state index contributed by atoms with van der Waals surface area (Å²) in [6.45, 7) is 0. The molecule has 2 aromatic rings. The second-order valence-electron chi connectivity index (χ2n) is 3.42. The maximum atomic E-state index is 11.0. The van der Waals surface area contributed by atoms with Gasteiger partial charge in [0, 0.05) is 10.9 Å². The van der Waals surface area contributed by atoms with Gasteiger partial charge in [-0.2, -0.15) is 10.2 Å². The first-order valence-corrected chi connectivity index (χ1v) is 4.92. The number of benzene rings is 1. The Morgan fingerprint density at radius 2 is 2.22 bits per heavy atom. The highest BCUT2D eigenvalue weighted by atomic mass is 16.4. The number of guanidine groups is 1. The number of nitrogens with two attached hydrogens (primary N) is 2. The van der Waals surface area contributed by atoms with Gasteiger partial charge in [-0.1, -0.05) is 12.1 Å². The molecule has 0 aliphatic rings. The van der Waals surface area contributed by atoms with Gasteiger partial charge < -0.3 is 16.6 Å². The van der Waals surface area contributed by atoms with Crippen molar-refractivity contribution in [3.8, 4) is 0 Å². The highest BCUT2D eigenvalue weighted by Crippen LogP contribution is 2.19. The number of nitrogens with zero attached hydrogens (tertiary/aromatic N) is 3. The highest BCUT2D eigenvalue weighted by molar-refractivity contribution is 6.08. The number of hydrogen-bond acceptors (Lipinski definition) is 4. The van der Waals surface area contributed by atoms with E-state index in [2.05, 4.69) is 20.4 Å². The van der Waals surface area contributed by atoms with E-state index in [1.807, 2.05) is 0 Å². The number of carbonyl (C=O) groups is 1. The van der Waals surface area contributed by atoms with Crippen molar-refractivity contribution in [1.82, 2.24) is 10.2 Å². The number of carboxylic acids is 1. The first kappa shape index (κ1) is 11.6. The van der Waals surface area contributed by atoms with E-state index in [-0.39, 0.29) is 11.7 Å². The fourth-order valence-electron chi connectivity index (χ4n) is 1.52. The average Bonchev–Trinajstić information content (AvgIpc) is 2.73. The molecule has 8 heteroatoms. The van der Waals surface area contributed by atoms with Gasteiger partial charge in [-0.3, -0.25) is 5.10 Å². The third-order valence-corrected chi connectivity index (χ3v) is 2.19. The summed E-state index contributed by atoms with van der Waals surface area (Å²) in [6, 6.07) is 5.14. The average molecular weight is 246 g/mol. The van der Waals surface area contributed by atoms with Gasteiger partial charge in [-0.15, -0.1) is 5.10 Å². The van der Waals surface area contributed by atoms with Crippen LogP contribution in [0.3, 0.4) is 0 Å². The standard InChI is InChI=1S/C10H10N6O2/c11-10(12)16-13-4-5-2-1-3-6-7(5)8(9(17)18)15-14-6/h1-4H,(H,14,15)(H,17,18)(H4,11,12,16). The summed E-state index contributed by atoms with van der Waals surface area (Å²) in [5.74, 6) is -1.30. The van der Waals surface area contributed by atoms with Crippen LogP contribution in [0, 0.1) is 0 Å². The molecule has 18 heavy (non-hydrogen) atoms. The van der Waals surface area contributed by atoms with E-state index >= 15 is 0 Å². The molecular weight excluding hydrogens is 236 g/mol. The fourth-order valence-corrected chi connectivity index (χ4v) is 1.52. The molecule has 0 unspecified atom stereocenters. The van der Waals surface area contributed by atoms with E-state index in [1.165, 1.54) is 6.21 Å². The van der Waals surface area contributed by atoms with Gasteiger partial charge in [-0.25, -0.2) is 4.79 Å². The van der Waals surface area contributed by atoms with Crippen LogP contribution in [0.2, 0.25) is 0 Å². The fraction of sp³-hybridized carbons (Fsp3) is 0. The molecule has 1 aromatic carbocycles. The normalized spacial score (nSPS) is 10.9. The molecule has 92 valence electrons. The van der Waals surface area contributed by atoms with Crippen LogP contribution in [0.25, 0.3) is 10.9 Å². The molecule has 0 aliphatic heterocycles. The first-order chi connectivity index (χ1) is 8.59. The molecule has 0 atom stereocenters. The molecule has 0 radical (unpaired) electrons. The van der Waals surface area contributed by atoms with E-state index in [1.54, 1.807) is 18.2 Å². The van der Waals surface area contributed by atoms with Crippen molar-refractivity contribution in [2.24, 2.45) is 21.7 Å². The van der Waals surface area contributed by atoms with Crippen LogP contribution < -0.4 is 11.5 Å². The number of aromatic nitrogens is 2. The predicted molar refractivity (Wildman–Crippen MR) is 66.5 cm³/mol. The number of rotatable bonds is 3. The van der Waals surface area contributed by atoms with Crippen LogP contribution in [0.4, 0.5) is 0 Å². The van der Waals surface area contributed by atoms with Crippen LogP contribution in [0.1, 0.15) is 16.1 Å². The Morgan fingerprint density at radius 1 is 1.44 bits per heavy atom. The van der Waals surface area contributed by atoms with Gasteiger partial charge in [0.05, 0.1) is 11.7 Å². The van der Waals surface area contributed by atoms with Crippen molar-refractivity contribution in [2.45, 2.75) is 0 Å². The van der Waals surface area contributed by atoms with E-state index in [0.717, 1.165) is 0 Å². The Labute approximate surface area is 101 Å². The topological polar surface area (TPSA) is 143 Å². The smallest absolute Gasteiger partial charge is 0.357 e. The quantitative estimate of drug-likeness (QED) is 0.339. The minimum atomic E-state index is -1.12. The molecule has 0 spiro atoms. The van der Waals surface area contributed by atoms with E-state index in [0.29, 0.717) is 16.5 Å². The Balaban J connectivity index is 2.56. The van der Waals surface area contributed by atoms with Crippen LogP contribution >= 0.6 is 0 Å². The van der Waals surface area contributed by atoms with E-state index < -0.39 is 5.97 Å². The largest absolute Gasteiger partial charge is 0.476 e. The van der Waals surface area contributed by atoms with Crippen molar-refractivity contribution >= 4 is 29.0 Å². The number of aromatic amines is 1. The summed E-state index contributed by atoms with van der Waals surface area (Å²) in [7, 11) is 0. The predicted octanol–water partition coefficient (Wildman–Crippen LogP) is -0.132. The number of fused-ring (bicyclic) bond motifs is 1. The lowest BCUT2D eigenvalue weighted by Crippen LogP contribution is -2.21. The highest BCUT2D eigenvalue weighted by Gasteiger charge is 2.14. The van der Waals surface area contributed by atoms with Gasteiger partial charge in [0.25, 0.3) is 0 Å². The Hall–Kier alpha value is -2.90. The Bertz CT molecular complexity index is 653. The maximum Gasteiger partial charge on any atom is 0.357 e. The van der Waals surface area contributed by atoms with Gasteiger partial charge in [0.2, 0.25) is 5.96 Å². The number of carboxylic acid groups (broad SMARTS) is 1. The summed E-state index contributed by atoms with van der Waals surface area (Å²) in [5.41, 5.74) is 11.3. The Kier molecular flexibility index (Phi) is 2.92. The zero-order valence-corrected chi connectivity index (χ0v) is 9.16. The van der Waals surface area contributed by atoms with Crippen molar-refractivity contribution in [1.29, 1.82) is 0 Å². The summed E-state index contributed by atoms with van der Waals surface area (Å²) in [6.07, 6.45) is 1.37. The number of aromatic carboxylic acids is 1. The summed E-state index contributed by atoms with van der Waals surface area (Å²) in [5, 5.41) is 22.9. The van der Waals surface area contributed by atoms with E-state index in [9.17, 15) is 4.79 Å². The zero-order valence-electron chi connectivity index (χ0n) is 9.16. The lowest BCUT2D eigenvalue weighted by Gasteiger charge is -1.96. The minimum absolute atomic E-state index is 0.0725. The number of nitrogens with one attached hydrogen (secondary N) is 1. The van der Waals surface area contributed by atoms with Crippen molar-refractivity contribution in [2.75, 3.05) is 0 Å².